The van der Waals surface area contributed by atoms with Gasteiger partial charge in [0.2, 0.25) is 0 Å². The first-order valence-corrected chi connectivity index (χ1v) is 11.8. The molecule has 1 fully saturated rings. The molecule has 0 amide bonds. The number of thiazole rings is 1. The Morgan fingerprint density at radius 1 is 1.29 bits per heavy atom. The summed E-state index contributed by atoms with van der Waals surface area (Å²) in [4.78, 5) is 4.74. The van der Waals surface area contributed by atoms with Gasteiger partial charge in [-0.3, -0.25) is 0 Å². The van der Waals surface area contributed by atoms with Gasteiger partial charge in [0, 0.05) is 28.4 Å². The minimum atomic E-state index is -2.93. The maximum absolute atomic E-state index is 11.9. The van der Waals surface area contributed by atoms with Crippen LogP contribution in [0, 0.1) is 13.8 Å². The maximum Gasteiger partial charge on any atom is 0.187 e. The highest BCUT2D eigenvalue weighted by Gasteiger charge is 2.31. The molecule has 1 aromatic carbocycles. The van der Waals surface area contributed by atoms with Gasteiger partial charge in [0.25, 0.3) is 0 Å². The molecule has 4 rings (SSSR count). The zero-order valence-corrected chi connectivity index (χ0v) is 17.7. The summed E-state index contributed by atoms with van der Waals surface area (Å²) in [6.45, 7) is 4.07. The molecule has 1 aliphatic rings. The van der Waals surface area contributed by atoms with Crippen molar-refractivity contribution in [2.45, 2.75) is 26.3 Å². The van der Waals surface area contributed by atoms with Gasteiger partial charge in [-0.1, -0.05) is 12.1 Å². The molecule has 1 atom stereocenters. The van der Waals surface area contributed by atoms with Crippen molar-refractivity contribution in [1.82, 2.24) is 9.55 Å². The van der Waals surface area contributed by atoms with Gasteiger partial charge in [-0.05, 0) is 38.5 Å². The number of sulfone groups is 1. The molecule has 0 saturated carbocycles. The van der Waals surface area contributed by atoms with Gasteiger partial charge in [-0.25, -0.2) is 13.4 Å². The molecule has 1 aliphatic heterocycles. The number of anilines is 2. The van der Waals surface area contributed by atoms with Gasteiger partial charge in [0.1, 0.15) is 5.75 Å². The first kappa shape index (κ1) is 19.0. The number of nitrogens with zero attached hydrogens (tertiary/aromatic N) is 2. The van der Waals surface area contributed by atoms with E-state index in [0.29, 0.717) is 6.42 Å². The summed E-state index contributed by atoms with van der Waals surface area (Å²) < 4.78 is 31.3. The van der Waals surface area contributed by atoms with Crippen LogP contribution in [0.2, 0.25) is 0 Å². The number of aryl methyl sites for hydroxylation is 1. The molecule has 3 heterocycles. The van der Waals surface area contributed by atoms with Crippen LogP contribution in [-0.2, 0) is 9.84 Å². The number of aromatic nitrogens is 2. The molecule has 28 heavy (non-hydrogen) atoms. The van der Waals surface area contributed by atoms with E-state index in [2.05, 4.69) is 16.0 Å². The Morgan fingerprint density at radius 3 is 2.79 bits per heavy atom. The lowest BCUT2D eigenvalue weighted by molar-refractivity contribution is 0.417. The maximum atomic E-state index is 11.9. The van der Waals surface area contributed by atoms with E-state index in [0.717, 1.165) is 39.2 Å². The third kappa shape index (κ3) is 3.54. The van der Waals surface area contributed by atoms with Crippen molar-refractivity contribution in [2.24, 2.45) is 0 Å². The Balaban J connectivity index is 1.62. The molecule has 0 aliphatic carbocycles. The van der Waals surface area contributed by atoms with Crippen LogP contribution in [0.15, 0.2) is 35.7 Å². The van der Waals surface area contributed by atoms with Gasteiger partial charge >= 0.3 is 0 Å². The molecule has 1 saturated heterocycles. The number of para-hydroxylation sites is 2. The van der Waals surface area contributed by atoms with Crippen molar-refractivity contribution in [3.05, 3.63) is 47.1 Å². The fourth-order valence-electron chi connectivity index (χ4n) is 3.90. The van der Waals surface area contributed by atoms with Crippen LogP contribution in [0.1, 0.15) is 23.9 Å². The standard InChI is InChI=1S/C20H23N3O3S2/c1-13-10-16(14(2)23(13)15-8-9-28(24,25)12-15)18-11-27-20(22-18)21-17-6-4-5-7-19(17)26-3/h4-7,10-11,15H,8-9,12H2,1-3H3,(H,21,22). The molecular weight excluding hydrogens is 394 g/mol. The highest BCUT2D eigenvalue weighted by atomic mass is 32.2. The monoisotopic (exact) mass is 417 g/mol. The van der Waals surface area contributed by atoms with Crippen LogP contribution < -0.4 is 10.1 Å². The van der Waals surface area contributed by atoms with E-state index < -0.39 is 9.84 Å². The summed E-state index contributed by atoms with van der Waals surface area (Å²) in [6, 6.07) is 9.84. The van der Waals surface area contributed by atoms with Gasteiger partial charge in [-0.2, -0.15) is 0 Å². The number of benzene rings is 1. The number of ether oxygens (including phenoxy) is 1. The third-order valence-electron chi connectivity index (χ3n) is 5.19. The lowest BCUT2D eigenvalue weighted by Crippen LogP contribution is -2.13. The van der Waals surface area contributed by atoms with E-state index in [4.69, 9.17) is 9.72 Å². The van der Waals surface area contributed by atoms with Gasteiger partial charge in [0.15, 0.2) is 15.0 Å². The Morgan fingerprint density at radius 2 is 2.07 bits per heavy atom. The number of rotatable bonds is 5. The van der Waals surface area contributed by atoms with E-state index in [-0.39, 0.29) is 17.5 Å². The number of hydrogen-bond donors (Lipinski definition) is 1. The normalized spacial score (nSPS) is 18.3. The molecule has 2 aromatic heterocycles. The Bertz CT molecular complexity index is 1120. The fourth-order valence-corrected chi connectivity index (χ4v) is 6.32. The van der Waals surface area contributed by atoms with Crippen molar-refractivity contribution in [3.8, 4) is 17.0 Å². The molecule has 6 nitrogen and oxygen atoms in total. The summed E-state index contributed by atoms with van der Waals surface area (Å²) in [5.74, 6) is 1.26. The van der Waals surface area contributed by atoms with Crippen molar-refractivity contribution in [1.29, 1.82) is 0 Å². The number of nitrogens with one attached hydrogen (secondary N) is 1. The van der Waals surface area contributed by atoms with Crippen LogP contribution in [-0.4, -0.2) is 36.6 Å². The van der Waals surface area contributed by atoms with Crippen molar-refractivity contribution >= 4 is 32.0 Å². The predicted molar refractivity (Wildman–Crippen MR) is 114 cm³/mol. The summed E-state index contributed by atoms with van der Waals surface area (Å²) in [6.07, 6.45) is 0.676. The van der Waals surface area contributed by atoms with Crippen LogP contribution in [0.3, 0.4) is 0 Å². The van der Waals surface area contributed by atoms with Crippen LogP contribution in [0.5, 0.6) is 5.75 Å². The smallest absolute Gasteiger partial charge is 0.187 e. The SMILES string of the molecule is COc1ccccc1Nc1nc(-c2cc(C)n(C3CCS(=O)(=O)C3)c2C)cs1. The molecule has 8 heteroatoms. The van der Waals surface area contributed by atoms with E-state index in [1.807, 2.05) is 43.5 Å². The van der Waals surface area contributed by atoms with Crippen LogP contribution >= 0.6 is 11.3 Å². The molecule has 0 radical (unpaired) electrons. The highest BCUT2D eigenvalue weighted by molar-refractivity contribution is 7.91. The number of hydrogen-bond acceptors (Lipinski definition) is 6. The predicted octanol–water partition coefficient (Wildman–Crippen LogP) is 4.34. The third-order valence-corrected chi connectivity index (χ3v) is 7.69. The molecule has 0 spiro atoms. The summed E-state index contributed by atoms with van der Waals surface area (Å²) in [7, 11) is -1.28. The molecule has 3 aromatic rings. The first-order valence-electron chi connectivity index (χ1n) is 9.13. The molecule has 1 unspecified atom stereocenters. The minimum absolute atomic E-state index is 0.0172. The van der Waals surface area contributed by atoms with E-state index in [1.165, 1.54) is 11.3 Å². The van der Waals surface area contributed by atoms with Crippen LogP contribution in [0.4, 0.5) is 10.8 Å². The first-order chi connectivity index (χ1) is 13.4. The average molecular weight is 418 g/mol. The molecular formula is C20H23N3O3S2. The minimum Gasteiger partial charge on any atom is -0.495 e. The fraction of sp³-hybridized carbons (Fsp3) is 0.350. The van der Waals surface area contributed by atoms with Gasteiger partial charge < -0.3 is 14.6 Å². The Hall–Kier alpha value is -2.32. The second-order valence-electron chi connectivity index (χ2n) is 7.07. The highest BCUT2D eigenvalue weighted by Crippen LogP contribution is 2.36. The van der Waals surface area contributed by atoms with Gasteiger partial charge in [-0.15, -0.1) is 11.3 Å². The average Bonchev–Trinajstić information content (AvgIpc) is 3.33. The van der Waals surface area contributed by atoms with Gasteiger partial charge in [0.05, 0.1) is 30.0 Å². The summed E-state index contributed by atoms with van der Waals surface area (Å²) in [5, 5.41) is 6.12. The second kappa shape index (κ2) is 7.25. The Labute approximate surface area is 169 Å². The Kier molecular flexibility index (Phi) is 4.93. The molecule has 148 valence electrons. The molecule has 0 bridgehead atoms. The quantitative estimate of drug-likeness (QED) is 0.668. The van der Waals surface area contributed by atoms with Crippen LogP contribution in [0.25, 0.3) is 11.3 Å². The zero-order chi connectivity index (χ0) is 19.9. The van der Waals surface area contributed by atoms with E-state index >= 15 is 0 Å². The van der Waals surface area contributed by atoms with Crippen molar-refractivity contribution in [2.75, 3.05) is 23.9 Å². The van der Waals surface area contributed by atoms with Crippen molar-refractivity contribution < 1.29 is 13.2 Å². The van der Waals surface area contributed by atoms with E-state index in [1.54, 1.807) is 7.11 Å². The number of methoxy groups -OCH3 is 1. The largest absolute Gasteiger partial charge is 0.495 e. The zero-order valence-electron chi connectivity index (χ0n) is 16.1. The molecule has 1 N–H and O–H groups in total. The lowest BCUT2D eigenvalue weighted by atomic mass is 10.2. The van der Waals surface area contributed by atoms with Crippen molar-refractivity contribution in [3.63, 3.8) is 0 Å². The second-order valence-corrected chi connectivity index (χ2v) is 10.2. The van der Waals surface area contributed by atoms with E-state index in [9.17, 15) is 8.42 Å². The lowest BCUT2D eigenvalue weighted by Gasteiger charge is -2.16. The summed E-state index contributed by atoms with van der Waals surface area (Å²) >= 11 is 1.53. The summed E-state index contributed by atoms with van der Waals surface area (Å²) in [5.41, 5.74) is 4.94. The topological polar surface area (TPSA) is 73.2 Å².